The SMILES string of the molecule is C#CCNC(=O)CN1CCCC2CCCCC21. The monoisotopic (exact) mass is 234 g/mol. The number of terminal acetylenes is 1. The van der Waals surface area contributed by atoms with Gasteiger partial charge in [0, 0.05) is 6.04 Å². The Morgan fingerprint density at radius 1 is 1.29 bits per heavy atom. The maximum Gasteiger partial charge on any atom is 0.234 e. The topological polar surface area (TPSA) is 32.3 Å². The molecule has 2 unspecified atom stereocenters. The van der Waals surface area contributed by atoms with Crippen molar-refractivity contribution in [2.45, 2.75) is 44.6 Å². The maximum atomic E-state index is 11.7. The van der Waals surface area contributed by atoms with Crippen LogP contribution in [0.15, 0.2) is 0 Å². The van der Waals surface area contributed by atoms with Crippen molar-refractivity contribution in [3.63, 3.8) is 0 Å². The number of likely N-dealkylation sites (tertiary alicyclic amines) is 1. The highest BCUT2D eigenvalue weighted by Crippen LogP contribution is 2.34. The lowest BCUT2D eigenvalue weighted by molar-refractivity contribution is -0.123. The van der Waals surface area contributed by atoms with Gasteiger partial charge in [-0.05, 0) is 38.1 Å². The van der Waals surface area contributed by atoms with Gasteiger partial charge in [0.25, 0.3) is 0 Å². The fourth-order valence-electron chi connectivity index (χ4n) is 3.31. The van der Waals surface area contributed by atoms with Crippen LogP contribution >= 0.6 is 0 Å². The molecule has 0 aromatic rings. The molecular weight excluding hydrogens is 212 g/mol. The first-order valence-corrected chi connectivity index (χ1v) is 6.75. The number of piperidine rings is 1. The van der Waals surface area contributed by atoms with E-state index < -0.39 is 0 Å². The summed E-state index contributed by atoms with van der Waals surface area (Å²) in [7, 11) is 0. The molecule has 3 nitrogen and oxygen atoms in total. The molecular formula is C14H22N2O. The third kappa shape index (κ3) is 3.23. The van der Waals surface area contributed by atoms with Crippen LogP contribution in [-0.2, 0) is 4.79 Å². The van der Waals surface area contributed by atoms with E-state index in [0.717, 1.165) is 12.5 Å². The summed E-state index contributed by atoms with van der Waals surface area (Å²) in [6.07, 6.45) is 13.1. The van der Waals surface area contributed by atoms with E-state index >= 15 is 0 Å². The number of carbonyl (C=O) groups excluding carboxylic acids is 1. The predicted molar refractivity (Wildman–Crippen MR) is 68.4 cm³/mol. The first kappa shape index (κ1) is 12.4. The lowest BCUT2D eigenvalue weighted by Crippen LogP contribution is -2.50. The molecule has 2 atom stereocenters. The van der Waals surface area contributed by atoms with Gasteiger partial charge in [0.05, 0.1) is 13.1 Å². The van der Waals surface area contributed by atoms with Crippen molar-refractivity contribution in [1.29, 1.82) is 0 Å². The number of hydrogen-bond donors (Lipinski definition) is 1. The Labute approximate surface area is 104 Å². The number of fused-ring (bicyclic) bond motifs is 1. The molecule has 0 spiro atoms. The molecule has 1 aliphatic carbocycles. The van der Waals surface area contributed by atoms with Crippen LogP contribution in [0.3, 0.4) is 0 Å². The van der Waals surface area contributed by atoms with E-state index in [0.29, 0.717) is 19.1 Å². The van der Waals surface area contributed by atoms with Gasteiger partial charge in [-0.2, -0.15) is 0 Å². The Kier molecular flexibility index (Phi) is 4.44. The molecule has 94 valence electrons. The standard InChI is InChI=1S/C14H22N2O/c1-2-9-15-14(17)11-16-10-5-7-12-6-3-4-8-13(12)16/h1,12-13H,3-11H2,(H,15,17). The highest BCUT2D eigenvalue weighted by molar-refractivity contribution is 5.78. The molecule has 1 N–H and O–H groups in total. The third-order valence-electron chi connectivity index (χ3n) is 4.09. The van der Waals surface area contributed by atoms with Gasteiger partial charge in [-0.25, -0.2) is 0 Å². The number of amides is 1. The molecule has 17 heavy (non-hydrogen) atoms. The molecule has 1 heterocycles. The zero-order chi connectivity index (χ0) is 12.1. The second kappa shape index (κ2) is 6.07. The minimum absolute atomic E-state index is 0.0779. The van der Waals surface area contributed by atoms with Crippen LogP contribution in [0.4, 0.5) is 0 Å². The van der Waals surface area contributed by atoms with E-state index in [1.54, 1.807) is 0 Å². The second-order valence-electron chi connectivity index (χ2n) is 5.21. The number of nitrogens with one attached hydrogen (secondary N) is 1. The number of rotatable bonds is 3. The van der Waals surface area contributed by atoms with Crippen LogP contribution in [0.5, 0.6) is 0 Å². The number of nitrogens with zero attached hydrogens (tertiary/aromatic N) is 1. The van der Waals surface area contributed by atoms with Crippen LogP contribution in [0, 0.1) is 18.3 Å². The highest BCUT2D eigenvalue weighted by atomic mass is 16.2. The summed E-state index contributed by atoms with van der Waals surface area (Å²) >= 11 is 0. The molecule has 2 rings (SSSR count). The third-order valence-corrected chi connectivity index (χ3v) is 4.09. The minimum Gasteiger partial charge on any atom is -0.344 e. The molecule has 0 radical (unpaired) electrons. The van der Waals surface area contributed by atoms with Gasteiger partial charge < -0.3 is 5.32 Å². The van der Waals surface area contributed by atoms with Crippen LogP contribution in [0.1, 0.15) is 38.5 Å². The smallest absolute Gasteiger partial charge is 0.234 e. The summed E-state index contributed by atoms with van der Waals surface area (Å²) in [5.74, 6) is 3.35. The molecule has 1 saturated heterocycles. The molecule has 0 aromatic carbocycles. The summed E-state index contributed by atoms with van der Waals surface area (Å²) in [5, 5.41) is 2.76. The van der Waals surface area contributed by atoms with Crippen LogP contribution < -0.4 is 5.32 Å². The molecule has 1 saturated carbocycles. The Morgan fingerprint density at radius 2 is 2.06 bits per heavy atom. The van der Waals surface area contributed by atoms with Gasteiger partial charge in [-0.1, -0.05) is 18.8 Å². The highest BCUT2D eigenvalue weighted by Gasteiger charge is 2.33. The largest absolute Gasteiger partial charge is 0.344 e. The van der Waals surface area contributed by atoms with Crippen molar-refractivity contribution in [3.05, 3.63) is 0 Å². The first-order chi connectivity index (χ1) is 8.31. The van der Waals surface area contributed by atoms with E-state index in [4.69, 9.17) is 6.42 Å². The Hall–Kier alpha value is -1.01. The van der Waals surface area contributed by atoms with Crippen LogP contribution in [-0.4, -0.2) is 36.5 Å². The summed E-state index contributed by atoms with van der Waals surface area (Å²) in [5.41, 5.74) is 0. The number of carbonyl (C=O) groups is 1. The molecule has 2 aliphatic rings. The molecule has 0 bridgehead atoms. The Balaban J connectivity index is 1.86. The van der Waals surface area contributed by atoms with E-state index in [-0.39, 0.29) is 5.91 Å². The van der Waals surface area contributed by atoms with Gasteiger partial charge in [0.15, 0.2) is 0 Å². The molecule has 3 heteroatoms. The Morgan fingerprint density at radius 3 is 2.88 bits per heavy atom. The van der Waals surface area contributed by atoms with E-state index in [2.05, 4.69) is 16.1 Å². The molecule has 1 aliphatic heterocycles. The van der Waals surface area contributed by atoms with Crippen molar-refractivity contribution in [2.24, 2.45) is 5.92 Å². The van der Waals surface area contributed by atoms with Crippen molar-refractivity contribution in [1.82, 2.24) is 10.2 Å². The van der Waals surface area contributed by atoms with Gasteiger partial charge in [0.2, 0.25) is 5.91 Å². The summed E-state index contributed by atoms with van der Waals surface area (Å²) in [6.45, 7) is 1.95. The Bertz CT molecular complexity index is 306. The van der Waals surface area contributed by atoms with Crippen molar-refractivity contribution in [2.75, 3.05) is 19.6 Å². The molecule has 2 fully saturated rings. The maximum absolute atomic E-state index is 11.7. The van der Waals surface area contributed by atoms with Crippen molar-refractivity contribution < 1.29 is 4.79 Å². The summed E-state index contributed by atoms with van der Waals surface area (Å²) in [4.78, 5) is 14.1. The van der Waals surface area contributed by atoms with Gasteiger partial charge >= 0.3 is 0 Å². The zero-order valence-corrected chi connectivity index (χ0v) is 10.5. The second-order valence-corrected chi connectivity index (χ2v) is 5.21. The summed E-state index contributed by atoms with van der Waals surface area (Å²) < 4.78 is 0. The van der Waals surface area contributed by atoms with Gasteiger partial charge in [-0.15, -0.1) is 6.42 Å². The van der Waals surface area contributed by atoms with E-state index in [9.17, 15) is 4.79 Å². The average molecular weight is 234 g/mol. The minimum atomic E-state index is 0.0779. The molecule has 1 amide bonds. The van der Waals surface area contributed by atoms with E-state index in [1.165, 1.54) is 38.5 Å². The lowest BCUT2D eigenvalue weighted by atomic mass is 9.78. The van der Waals surface area contributed by atoms with Gasteiger partial charge in [-0.3, -0.25) is 9.69 Å². The fourth-order valence-corrected chi connectivity index (χ4v) is 3.31. The van der Waals surface area contributed by atoms with E-state index in [1.807, 2.05) is 0 Å². The quantitative estimate of drug-likeness (QED) is 0.748. The molecule has 0 aromatic heterocycles. The van der Waals surface area contributed by atoms with Crippen molar-refractivity contribution >= 4 is 5.91 Å². The lowest BCUT2D eigenvalue weighted by Gasteiger charge is -2.43. The van der Waals surface area contributed by atoms with Crippen LogP contribution in [0.2, 0.25) is 0 Å². The fraction of sp³-hybridized carbons (Fsp3) is 0.786. The first-order valence-electron chi connectivity index (χ1n) is 6.75. The summed E-state index contributed by atoms with van der Waals surface area (Å²) in [6, 6.07) is 0.647. The van der Waals surface area contributed by atoms with Gasteiger partial charge in [0.1, 0.15) is 0 Å². The number of hydrogen-bond acceptors (Lipinski definition) is 2. The zero-order valence-electron chi connectivity index (χ0n) is 10.5. The predicted octanol–water partition coefficient (Wildman–Crippen LogP) is 1.39. The van der Waals surface area contributed by atoms with Crippen LogP contribution in [0.25, 0.3) is 0 Å². The average Bonchev–Trinajstić information content (AvgIpc) is 2.37. The van der Waals surface area contributed by atoms with Crippen molar-refractivity contribution in [3.8, 4) is 12.3 Å². The normalized spacial score (nSPS) is 29.1.